The highest BCUT2D eigenvalue weighted by atomic mass is 16.2. The quantitative estimate of drug-likeness (QED) is 0.777. The van der Waals surface area contributed by atoms with Gasteiger partial charge in [-0.25, -0.2) is 0 Å². The van der Waals surface area contributed by atoms with Crippen LogP contribution in [-0.4, -0.2) is 30.7 Å². The summed E-state index contributed by atoms with van der Waals surface area (Å²) in [6, 6.07) is 5.78. The van der Waals surface area contributed by atoms with Gasteiger partial charge >= 0.3 is 0 Å². The molecule has 0 aliphatic carbocycles. The number of nitrogens with zero attached hydrogens (tertiary/aromatic N) is 5. The van der Waals surface area contributed by atoms with E-state index in [0.29, 0.717) is 5.52 Å². The summed E-state index contributed by atoms with van der Waals surface area (Å²) < 4.78 is 2.59. The maximum Gasteiger partial charge on any atom is 0.298 e. The van der Waals surface area contributed by atoms with E-state index in [4.69, 9.17) is 0 Å². The molecule has 0 atom stereocenters. The summed E-state index contributed by atoms with van der Waals surface area (Å²) in [6.07, 6.45) is 0. The second-order valence-corrected chi connectivity index (χ2v) is 5.83. The zero-order valence-corrected chi connectivity index (χ0v) is 14.0. The van der Waals surface area contributed by atoms with Crippen LogP contribution in [-0.2, 0) is 18.4 Å². The first kappa shape index (κ1) is 15.9. The molecule has 124 valence electrons. The van der Waals surface area contributed by atoms with Crippen molar-refractivity contribution in [3.63, 3.8) is 0 Å². The number of anilines is 1. The lowest BCUT2D eigenvalue weighted by Crippen LogP contribution is -2.30. The van der Waals surface area contributed by atoms with Crippen LogP contribution < -0.4 is 10.9 Å². The van der Waals surface area contributed by atoms with Gasteiger partial charge in [-0.3, -0.25) is 14.3 Å². The molecular weight excluding hydrogens is 308 g/mol. The fourth-order valence-corrected chi connectivity index (χ4v) is 2.42. The van der Waals surface area contributed by atoms with E-state index in [1.165, 1.54) is 0 Å². The number of hydrogen-bond donors (Lipinski definition) is 1. The summed E-state index contributed by atoms with van der Waals surface area (Å²) in [5.74, 6) is -0.341. The molecule has 2 aromatic heterocycles. The van der Waals surface area contributed by atoms with Crippen LogP contribution in [0.3, 0.4) is 0 Å². The van der Waals surface area contributed by atoms with Gasteiger partial charge in [0.05, 0.1) is 5.69 Å². The molecule has 8 nitrogen and oxygen atoms in total. The minimum absolute atomic E-state index is 0.213. The van der Waals surface area contributed by atoms with E-state index >= 15 is 0 Å². The molecule has 0 aliphatic heterocycles. The fraction of sp³-hybridized carbons (Fsp3) is 0.312. The van der Waals surface area contributed by atoms with E-state index in [2.05, 4.69) is 20.7 Å². The van der Waals surface area contributed by atoms with Gasteiger partial charge in [-0.05, 0) is 38.0 Å². The standard InChI is InChI=1S/C16H18N6O2/c1-9-5-6-10(2)12(7-9)17-13(23)8-22-16(24)15-14(18-20-22)11(3)21(4)19-15/h5-7H,8H2,1-4H3,(H,17,23). The largest absolute Gasteiger partial charge is 0.324 e. The van der Waals surface area contributed by atoms with Crippen LogP contribution in [0.4, 0.5) is 5.69 Å². The van der Waals surface area contributed by atoms with Crippen LogP contribution in [0.15, 0.2) is 23.0 Å². The first-order valence-electron chi connectivity index (χ1n) is 7.51. The third-order valence-corrected chi connectivity index (χ3v) is 3.95. The normalized spacial score (nSPS) is 11.0. The first-order chi connectivity index (χ1) is 11.4. The van der Waals surface area contributed by atoms with Crippen LogP contribution in [0.2, 0.25) is 0 Å². The van der Waals surface area contributed by atoms with Gasteiger partial charge in [0, 0.05) is 12.7 Å². The Kier molecular flexibility index (Phi) is 3.88. The fourth-order valence-electron chi connectivity index (χ4n) is 2.42. The molecule has 0 saturated heterocycles. The van der Waals surface area contributed by atoms with Crippen molar-refractivity contribution in [2.45, 2.75) is 27.3 Å². The summed E-state index contributed by atoms with van der Waals surface area (Å²) in [5.41, 5.74) is 3.69. The first-order valence-corrected chi connectivity index (χ1v) is 7.51. The van der Waals surface area contributed by atoms with Gasteiger partial charge in [-0.2, -0.15) is 9.78 Å². The Hall–Kier alpha value is -3.03. The lowest BCUT2D eigenvalue weighted by atomic mass is 10.1. The van der Waals surface area contributed by atoms with Gasteiger partial charge in [0.25, 0.3) is 5.56 Å². The minimum atomic E-state index is -0.431. The van der Waals surface area contributed by atoms with E-state index in [-0.39, 0.29) is 18.0 Å². The van der Waals surface area contributed by atoms with E-state index in [1.54, 1.807) is 18.7 Å². The van der Waals surface area contributed by atoms with Gasteiger partial charge in [-0.15, -0.1) is 5.10 Å². The zero-order chi connectivity index (χ0) is 17.4. The van der Waals surface area contributed by atoms with Gasteiger partial charge in [0.15, 0.2) is 5.52 Å². The molecule has 0 radical (unpaired) electrons. The molecule has 0 aliphatic rings. The molecule has 8 heteroatoms. The lowest BCUT2D eigenvalue weighted by Gasteiger charge is -2.09. The number of benzene rings is 1. The monoisotopic (exact) mass is 326 g/mol. The van der Waals surface area contributed by atoms with Crippen molar-refractivity contribution in [1.82, 2.24) is 24.8 Å². The van der Waals surface area contributed by atoms with Crippen molar-refractivity contribution in [3.8, 4) is 0 Å². The Balaban J connectivity index is 1.87. The average Bonchev–Trinajstić information content (AvgIpc) is 2.82. The van der Waals surface area contributed by atoms with Crippen LogP contribution in [0.25, 0.3) is 11.0 Å². The van der Waals surface area contributed by atoms with Crippen molar-refractivity contribution in [2.24, 2.45) is 7.05 Å². The molecule has 0 fully saturated rings. The number of nitrogens with one attached hydrogen (secondary N) is 1. The molecule has 0 saturated carbocycles. The van der Waals surface area contributed by atoms with Crippen LogP contribution in [0.5, 0.6) is 0 Å². The highest BCUT2D eigenvalue weighted by molar-refractivity contribution is 5.91. The van der Waals surface area contributed by atoms with Crippen molar-refractivity contribution in [3.05, 3.63) is 45.4 Å². The van der Waals surface area contributed by atoms with Gasteiger partial charge in [0.1, 0.15) is 12.1 Å². The van der Waals surface area contributed by atoms with Crippen molar-refractivity contribution in [2.75, 3.05) is 5.32 Å². The molecule has 1 N–H and O–H groups in total. The Morgan fingerprint density at radius 3 is 2.71 bits per heavy atom. The summed E-state index contributed by atoms with van der Waals surface area (Å²) in [5, 5.41) is 14.8. The number of aromatic nitrogens is 5. The summed E-state index contributed by atoms with van der Waals surface area (Å²) >= 11 is 0. The summed E-state index contributed by atoms with van der Waals surface area (Å²) in [4.78, 5) is 24.6. The Bertz CT molecular complexity index is 1000. The number of carbonyl (C=O) groups excluding carboxylic acids is 1. The van der Waals surface area contributed by atoms with Gasteiger partial charge < -0.3 is 5.32 Å². The zero-order valence-electron chi connectivity index (χ0n) is 14.0. The predicted octanol–water partition coefficient (Wildman–Crippen LogP) is 1.09. The maximum absolute atomic E-state index is 12.4. The van der Waals surface area contributed by atoms with Crippen LogP contribution in [0.1, 0.15) is 16.8 Å². The molecule has 0 bridgehead atoms. The number of hydrogen-bond acceptors (Lipinski definition) is 5. The lowest BCUT2D eigenvalue weighted by molar-refractivity contribution is -0.117. The molecule has 3 aromatic rings. The molecule has 1 aromatic carbocycles. The molecule has 0 spiro atoms. The van der Waals surface area contributed by atoms with Gasteiger partial charge in [-0.1, -0.05) is 17.3 Å². The minimum Gasteiger partial charge on any atom is -0.324 e. The number of aryl methyl sites for hydroxylation is 4. The topological polar surface area (TPSA) is 94.7 Å². The van der Waals surface area contributed by atoms with E-state index in [0.717, 1.165) is 27.2 Å². The highest BCUT2D eigenvalue weighted by Crippen LogP contribution is 2.16. The van der Waals surface area contributed by atoms with Crippen LogP contribution in [0, 0.1) is 20.8 Å². The predicted molar refractivity (Wildman–Crippen MR) is 89.8 cm³/mol. The molecule has 3 rings (SSSR count). The molecular formula is C16H18N6O2. The second-order valence-electron chi connectivity index (χ2n) is 5.83. The number of rotatable bonds is 3. The molecule has 2 heterocycles. The summed E-state index contributed by atoms with van der Waals surface area (Å²) in [6.45, 7) is 5.44. The van der Waals surface area contributed by atoms with Crippen molar-refractivity contribution in [1.29, 1.82) is 0 Å². The van der Waals surface area contributed by atoms with Crippen LogP contribution >= 0.6 is 0 Å². The van der Waals surface area contributed by atoms with Crippen molar-refractivity contribution >= 4 is 22.6 Å². The second kappa shape index (κ2) is 5.88. The Labute approximate surface area is 138 Å². The van der Waals surface area contributed by atoms with Gasteiger partial charge in [0.2, 0.25) is 5.91 Å². The van der Waals surface area contributed by atoms with E-state index < -0.39 is 5.56 Å². The Morgan fingerprint density at radius 1 is 1.21 bits per heavy atom. The molecule has 0 unspecified atom stereocenters. The Morgan fingerprint density at radius 2 is 1.96 bits per heavy atom. The summed E-state index contributed by atoms with van der Waals surface area (Å²) in [7, 11) is 1.73. The smallest absolute Gasteiger partial charge is 0.298 e. The highest BCUT2D eigenvalue weighted by Gasteiger charge is 2.15. The average molecular weight is 326 g/mol. The third kappa shape index (κ3) is 2.78. The van der Waals surface area contributed by atoms with E-state index in [1.807, 2.05) is 32.0 Å². The number of amides is 1. The third-order valence-electron chi connectivity index (χ3n) is 3.95. The maximum atomic E-state index is 12.4. The number of fused-ring (bicyclic) bond motifs is 1. The van der Waals surface area contributed by atoms with Crippen molar-refractivity contribution < 1.29 is 4.79 Å². The molecule has 1 amide bonds. The van der Waals surface area contributed by atoms with E-state index in [9.17, 15) is 9.59 Å². The number of carbonyl (C=O) groups is 1. The molecule has 24 heavy (non-hydrogen) atoms. The SMILES string of the molecule is Cc1ccc(C)c(NC(=O)Cn2nnc3c(C)n(C)nc3c2=O)c1.